The van der Waals surface area contributed by atoms with Gasteiger partial charge in [0.2, 0.25) is 5.75 Å². The molecule has 0 aliphatic heterocycles. The van der Waals surface area contributed by atoms with Crippen molar-refractivity contribution in [2.45, 2.75) is 6.92 Å². The van der Waals surface area contributed by atoms with Crippen molar-refractivity contribution < 1.29 is 19.0 Å². The fourth-order valence-corrected chi connectivity index (χ4v) is 1.77. The molecule has 1 heterocycles. The summed E-state index contributed by atoms with van der Waals surface area (Å²) >= 11 is 0. The highest BCUT2D eigenvalue weighted by Crippen LogP contribution is 2.41. The fourth-order valence-electron chi connectivity index (χ4n) is 1.77. The van der Waals surface area contributed by atoms with Crippen LogP contribution in [0.4, 0.5) is 0 Å². The number of aryl methyl sites for hydroxylation is 1. The lowest BCUT2D eigenvalue weighted by molar-refractivity contribution is 0.342. The summed E-state index contributed by atoms with van der Waals surface area (Å²) in [6, 6.07) is 3.25. The largest absolute Gasteiger partial charge is 0.502 e. The molecule has 1 N–H and O–H groups in total. The molecule has 90 valence electrons. The van der Waals surface area contributed by atoms with E-state index in [0.29, 0.717) is 11.1 Å². The number of methoxy groups -OCH3 is 2. The van der Waals surface area contributed by atoms with Crippen molar-refractivity contribution >= 4 is 10.8 Å². The van der Waals surface area contributed by atoms with Crippen LogP contribution in [0.15, 0.2) is 21.3 Å². The predicted octanol–water partition coefficient (Wildman–Crippen LogP) is 1.82. The van der Waals surface area contributed by atoms with Gasteiger partial charge in [-0.1, -0.05) is 0 Å². The molecule has 0 aliphatic rings. The van der Waals surface area contributed by atoms with Crippen molar-refractivity contribution in [3.05, 3.63) is 28.3 Å². The smallest absolute Gasteiger partial charge is 0.347 e. The number of benzene rings is 1. The molecule has 0 amide bonds. The molecule has 0 spiro atoms. The molecule has 2 rings (SSSR count). The van der Waals surface area contributed by atoms with Gasteiger partial charge in [0.1, 0.15) is 11.1 Å². The Bertz CT molecular complexity index is 627. The molecule has 1 aromatic heterocycles. The van der Waals surface area contributed by atoms with E-state index in [1.54, 1.807) is 19.1 Å². The van der Waals surface area contributed by atoms with E-state index < -0.39 is 5.63 Å². The summed E-state index contributed by atoms with van der Waals surface area (Å²) in [6.07, 6.45) is 0. The van der Waals surface area contributed by atoms with Gasteiger partial charge in [-0.2, -0.15) is 0 Å². The lowest BCUT2D eigenvalue weighted by atomic mass is 10.1. The number of phenolic OH excluding ortho intramolecular Hbond substituents is 1. The Hall–Kier alpha value is -2.17. The Morgan fingerprint density at radius 2 is 1.94 bits per heavy atom. The molecule has 0 atom stereocenters. The molecule has 0 aliphatic carbocycles. The van der Waals surface area contributed by atoms with Gasteiger partial charge in [-0.3, -0.25) is 0 Å². The number of hydrogen-bond acceptors (Lipinski definition) is 5. The van der Waals surface area contributed by atoms with E-state index in [4.69, 9.17) is 13.9 Å². The third-order valence-corrected chi connectivity index (χ3v) is 2.49. The van der Waals surface area contributed by atoms with E-state index in [0.717, 1.165) is 0 Å². The Morgan fingerprint density at radius 1 is 1.24 bits per heavy atom. The predicted molar refractivity (Wildman–Crippen MR) is 62.0 cm³/mol. The van der Waals surface area contributed by atoms with Gasteiger partial charge < -0.3 is 19.0 Å². The number of fused-ring (bicyclic) bond motifs is 1. The average Bonchev–Trinajstić information content (AvgIpc) is 2.29. The van der Waals surface area contributed by atoms with E-state index in [1.165, 1.54) is 14.2 Å². The van der Waals surface area contributed by atoms with Crippen molar-refractivity contribution in [1.82, 2.24) is 0 Å². The van der Waals surface area contributed by atoms with Crippen LogP contribution in [0.3, 0.4) is 0 Å². The molecule has 1 aromatic carbocycles. The summed E-state index contributed by atoms with van der Waals surface area (Å²) in [5, 5.41) is 10.7. The Balaban J connectivity index is 2.98. The summed E-state index contributed by atoms with van der Waals surface area (Å²) < 4.78 is 15.0. The second-order valence-corrected chi connectivity index (χ2v) is 3.57. The summed E-state index contributed by atoms with van der Waals surface area (Å²) in [7, 11) is 2.80. The van der Waals surface area contributed by atoms with Crippen molar-refractivity contribution in [2.75, 3.05) is 14.2 Å². The zero-order valence-electron chi connectivity index (χ0n) is 9.73. The monoisotopic (exact) mass is 236 g/mol. The topological polar surface area (TPSA) is 68.9 Å². The highest BCUT2D eigenvalue weighted by molar-refractivity contribution is 5.92. The molecule has 2 aromatic rings. The SMILES string of the molecule is COc1cc2cc(C)oc(=O)c2c(OC)c1O. The first kappa shape index (κ1) is 11.3. The van der Waals surface area contributed by atoms with Crippen molar-refractivity contribution in [1.29, 1.82) is 0 Å². The van der Waals surface area contributed by atoms with Crippen LogP contribution < -0.4 is 15.1 Å². The van der Waals surface area contributed by atoms with E-state index >= 15 is 0 Å². The van der Waals surface area contributed by atoms with Crippen LogP contribution in [-0.2, 0) is 0 Å². The summed E-state index contributed by atoms with van der Waals surface area (Å²) in [4.78, 5) is 11.7. The number of hydrogen-bond donors (Lipinski definition) is 1. The Labute approximate surface area is 97.2 Å². The van der Waals surface area contributed by atoms with Gasteiger partial charge >= 0.3 is 5.63 Å². The molecule has 0 saturated heterocycles. The van der Waals surface area contributed by atoms with E-state index in [-0.39, 0.29) is 22.6 Å². The quantitative estimate of drug-likeness (QED) is 0.861. The average molecular weight is 236 g/mol. The van der Waals surface area contributed by atoms with Crippen molar-refractivity contribution in [3.8, 4) is 17.2 Å². The molecular formula is C12H12O5. The molecule has 0 unspecified atom stereocenters. The van der Waals surface area contributed by atoms with Crippen LogP contribution in [-0.4, -0.2) is 19.3 Å². The van der Waals surface area contributed by atoms with Crippen LogP contribution in [0.2, 0.25) is 0 Å². The lowest BCUT2D eigenvalue weighted by Gasteiger charge is -2.10. The minimum atomic E-state index is -0.546. The first-order chi connectivity index (χ1) is 8.08. The van der Waals surface area contributed by atoms with Gasteiger partial charge in [-0.15, -0.1) is 0 Å². The minimum Gasteiger partial charge on any atom is -0.502 e. The highest BCUT2D eigenvalue weighted by atomic mass is 16.5. The maximum Gasteiger partial charge on any atom is 0.347 e. The van der Waals surface area contributed by atoms with Crippen LogP contribution in [0.25, 0.3) is 10.8 Å². The second-order valence-electron chi connectivity index (χ2n) is 3.57. The van der Waals surface area contributed by atoms with Gasteiger partial charge in [0.15, 0.2) is 11.5 Å². The van der Waals surface area contributed by atoms with Crippen LogP contribution in [0.1, 0.15) is 5.76 Å². The van der Waals surface area contributed by atoms with E-state index in [2.05, 4.69) is 0 Å². The van der Waals surface area contributed by atoms with Gasteiger partial charge in [0, 0.05) is 5.39 Å². The fraction of sp³-hybridized carbons (Fsp3) is 0.250. The van der Waals surface area contributed by atoms with Crippen LogP contribution in [0, 0.1) is 6.92 Å². The van der Waals surface area contributed by atoms with Crippen molar-refractivity contribution in [2.24, 2.45) is 0 Å². The molecule has 0 radical (unpaired) electrons. The Morgan fingerprint density at radius 3 is 2.53 bits per heavy atom. The molecular weight excluding hydrogens is 224 g/mol. The number of rotatable bonds is 2. The summed E-state index contributed by atoms with van der Waals surface area (Å²) in [5.74, 6) is 0.586. The molecule has 0 saturated carbocycles. The zero-order valence-corrected chi connectivity index (χ0v) is 9.73. The molecule has 5 heteroatoms. The Kier molecular flexibility index (Phi) is 2.67. The van der Waals surface area contributed by atoms with Crippen LogP contribution >= 0.6 is 0 Å². The van der Waals surface area contributed by atoms with Gasteiger partial charge in [0.05, 0.1) is 14.2 Å². The zero-order chi connectivity index (χ0) is 12.6. The van der Waals surface area contributed by atoms with Gasteiger partial charge in [-0.05, 0) is 19.1 Å². The highest BCUT2D eigenvalue weighted by Gasteiger charge is 2.17. The van der Waals surface area contributed by atoms with Gasteiger partial charge in [-0.25, -0.2) is 4.79 Å². The number of ether oxygens (including phenoxy) is 2. The third-order valence-electron chi connectivity index (χ3n) is 2.49. The normalized spacial score (nSPS) is 10.5. The summed E-state index contributed by atoms with van der Waals surface area (Å²) in [6.45, 7) is 1.67. The maximum absolute atomic E-state index is 11.7. The minimum absolute atomic E-state index is 0.0631. The molecule has 17 heavy (non-hydrogen) atoms. The maximum atomic E-state index is 11.7. The van der Waals surface area contributed by atoms with Crippen molar-refractivity contribution in [3.63, 3.8) is 0 Å². The first-order valence-corrected chi connectivity index (χ1v) is 4.97. The van der Waals surface area contributed by atoms with Crippen LogP contribution in [0.5, 0.6) is 17.2 Å². The standard InChI is InChI=1S/C12H12O5/c1-6-4-7-5-8(15-2)10(13)11(16-3)9(7)12(14)17-6/h4-5,13H,1-3H3. The number of phenols is 1. The molecule has 0 fully saturated rings. The molecule has 0 bridgehead atoms. The van der Waals surface area contributed by atoms with E-state index in [1.807, 2.05) is 0 Å². The first-order valence-electron chi connectivity index (χ1n) is 4.97. The number of aromatic hydroxyl groups is 1. The summed E-state index contributed by atoms with van der Waals surface area (Å²) in [5.41, 5.74) is -0.546. The second kappa shape index (κ2) is 4.01. The molecule has 5 nitrogen and oxygen atoms in total. The third kappa shape index (κ3) is 1.69. The lowest BCUT2D eigenvalue weighted by Crippen LogP contribution is -2.03. The van der Waals surface area contributed by atoms with Gasteiger partial charge in [0.25, 0.3) is 0 Å². The van der Waals surface area contributed by atoms with E-state index in [9.17, 15) is 9.90 Å².